The van der Waals surface area contributed by atoms with E-state index in [1.165, 1.54) is 58.3 Å². The number of nitrogens with one attached hydrogen (secondary N) is 1. The van der Waals surface area contributed by atoms with E-state index in [0.29, 0.717) is 0 Å². The summed E-state index contributed by atoms with van der Waals surface area (Å²) in [5.74, 6) is 0.978. The fourth-order valence-electron chi connectivity index (χ4n) is 1.94. The Balaban J connectivity index is 0.000000251. The molecule has 2 heteroatoms. The molecule has 98 valence electrons. The van der Waals surface area contributed by atoms with E-state index in [0.717, 1.165) is 5.92 Å². The molecule has 0 radical (unpaired) electrons. The van der Waals surface area contributed by atoms with Crippen molar-refractivity contribution in [1.82, 2.24) is 10.2 Å². The lowest BCUT2D eigenvalue weighted by molar-refractivity contribution is 0.230. The van der Waals surface area contributed by atoms with Gasteiger partial charge in [-0.1, -0.05) is 27.2 Å². The molecule has 2 aliphatic heterocycles. The number of likely N-dealkylation sites (tertiary alicyclic amines) is 1. The largest absolute Gasteiger partial charge is 0.317 e. The lowest BCUT2D eigenvalue weighted by atomic mass is 10.00. The molecule has 0 spiro atoms. The molecule has 2 fully saturated rings. The molecule has 1 N–H and O–H groups in total. The molecular weight excluding hydrogens is 196 g/mol. The zero-order valence-electron chi connectivity index (χ0n) is 11.9. The van der Waals surface area contributed by atoms with Crippen LogP contribution in [0, 0.1) is 5.92 Å². The van der Waals surface area contributed by atoms with E-state index in [-0.39, 0.29) is 0 Å². The second-order valence-electron chi connectivity index (χ2n) is 4.80. The first kappa shape index (κ1) is 15.9. The van der Waals surface area contributed by atoms with E-state index < -0.39 is 0 Å². The van der Waals surface area contributed by atoms with Crippen molar-refractivity contribution in [3.8, 4) is 0 Å². The first-order chi connectivity index (χ1) is 7.79. The molecule has 0 aliphatic carbocycles. The third kappa shape index (κ3) is 9.17. The Hall–Kier alpha value is -0.0800. The maximum atomic E-state index is 3.28. The SMILES string of the molecule is C1CCNCC1.CC.CC1CCN(C)CC1. The maximum absolute atomic E-state index is 3.28. The van der Waals surface area contributed by atoms with Gasteiger partial charge in [0.05, 0.1) is 0 Å². The Morgan fingerprint density at radius 2 is 1.44 bits per heavy atom. The zero-order chi connectivity index (χ0) is 12.2. The highest BCUT2D eigenvalue weighted by Gasteiger charge is 2.10. The van der Waals surface area contributed by atoms with Crippen molar-refractivity contribution in [3.63, 3.8) is 0 Å². The Morgan fingerprint density at radius 1 is 0.938 bits per heavy atom. The molecule has 0 saturated carbocycles. The number of nitrogens with zero attached hydrogens (tertiary/aromatic N) is 1. The topological polar surface area (TPSA) is 15.3 Å². The summed E-state index contributed by atoms with van der Waals surface area (Å²) in [6.07, 6.45) is 7.01. The zero-order valence-corrected chi connectivity index (χ0v) is 11.9. The molecule has 0 aromatic heterocycles. The van der Waals surface area contributed by atoms with Crippen molar-refractivity contribution in [1.29, 1.82) is 0 Å². The smallest absolute Gasteiger partial charge is 0.00192 e. The van der Waals surface area contributed by atoms with E-state index in [4.69, 9.17) is 0 Å². The van der Waals surface area contributed by atoms with Gasteiger partial charge in [-0.3, -0.25) is 0 Å². The van der Waals surface area contributed by atoms with E-state index in [9.17, 15) is 0 Å². The minimum Gasteiger partial charge on any atom is -0.317 e. The number of rotatable bonds is 0. The molecule has 2 heterocycles. The van der Waals surface area contributed by atoms with Crippen molar-refractivity contribution < 1.29 is 0 Å². The summed E-state index contributed by atoms with van der Waals surface area (Å²) in [6, 6.07) is 0. The molecular formula is C14H32N2. The van der Waals surface area contributed by atoms with Crippen LogP contribution in [-0.2, 0) is 0 Å². The first-order valence-electron chi connectivity index (χ1n) is 7.18. The standard InChI is InChI=1S/C7H15N.C5H11N.C2H6/c1-7-3-5-8(2)6-4-7;1-2-4-6-5-3-1;1-2/h7H,3-6H2,1-2H3;6H,1-5H2;1-2H3. The highest BCUT2D eigenvalue weighted by molar-refractivity contribution is 4.65. The summed E-state index contributed by atoms with van der Waals surface area (Å²) in [7, 11) is 2.20. The van der Waals surface area contributed by atoms with Gasteiger partial charge in [-0.2, -0.15) is 0 Å². The van der Waals surface area contributed by atoms with Crippen molar-refractivity contribution >= 4 is 0 Å². The van der Waals surface area contributed by atoms with E-state index in [1.54, 1.807) is 0 Å². The molecule has 2 rings (SSSR count). The quantitative estimate of drug-likeness (QED) is 0.685. The van der Waals surface area contributed by atoms with Gasteiger partial charge < -0.3 is 10.2 Å². The fourth-order valence-corrected chi connectivity index (χ4v) is 1.94. The van der Waals surface area contributed by atoms with Gasteiger partial charge in [0.2, 0.25) is 0 Å². The van der Waals surface area contributed by atoms with Crippen LogP contribution in [0.3, 0.4) is 0 Å². The first-order valence-corrected chi connectivity index (χ1v) is 7.18. The Labute approximate surface area is 103 Å². The highest BCUT2D eigenvalue weighted by atomic mass is 15.1. The van der Waals surface area contributed by atoms with Gasteiger partial charge in [-0.15, -0.1) is 0 Å². The fraction of sp³-hybridized carbons (Fsp3) is 1.00. The lowest BCUT2D eigenvalue weighted by Crippen LogP contribution is -2.28. The average molecular weight is 228 g/mol. The van der Waals surface area contributed by atoms with Crippen molar-refractivity contribution in [2.24, 2.45) is 5.92 Å². The molecule has 0 aromatic carbocycles. The predicted molar refractivity (Wildman–Crippen MR) is 74.0 cm³/mol. The predicted octanol–water partition coefficient (Wildman–Crippen LogP) is 3.13. The van der Waals surface area contributed by atoms with Crippen LogP contribution in [0.1, 0.15) is 52.9 Å². The number of hydrogen-bond acceptors (Lipinski definition) is 2. The molecule has 2 nitrogen and oxygen atoms in total. The maximum Gasteiger partial charge on any atom is -0.00192 e. The van der Waals surface area contributed by atoms with Gasteiger partial charge in [0.25, 0.3) is 0 Å². The Bertz CT molecular complexity index is 103. The molecule has 0 unspecified atom stereocenters. The second-order valence-corrected chi connectivity index (χ2v) is 4.80. The number of hydrogen-bond donors (Lipinski definition) is 1. The molecule has 0 amide bonds. The van der Waals surface area contributed by atoms with Crippen molar-refractivity contribution in [2.75, 3.05) is 33.2 Å². The summed E-state index contributed by atoms with van der Waals surface area (Å²) in [6.45, 7) is 11.5. The van der Waals surface area contributed by atoms with Gasteiger partial charge >= 0.3 is 0 Å². The van der Waals surface area contributed by atoms with Gasteiger partial charge in [0.15, 0.2) is 0 Å². The average Bonchev–Trinajstić information content (AvgIpc) is 2.38. The summed E-state index contributed by atoms with van der Waals surface area (Å²) in [4.78, 5) is 2.40. The van der Waals surface area contributed by atoms with Crippen LogP contribution in [0.5, 0.6) is 0 Å². The van der Waals surface area contributed by atoms with Crippen LogP contribution >= 0.6 is 0 Å². The van der Waals surface area contributed by atoms with Crippen molar-refractivity contribution in [2.45, 2.75) is 52.9 Å². The highest BCUT2D eigenvalue weighted by Crippen LogP contribution is 2.13. The lowest BCUT2D eigenvalue weighted by Gasteiger charge is -2.26. The third-order valence-electron chi connectivity index (χ3n) is 3.21. The molecule has 2 aliphatic rings. The molecule has 0 atom stereocenters. The Morgan fingerprint density at radius 3 is 1.69 bits per heavy atom. The monoisotopic (exact) mass is 228 g/mol. The van der Waals surface area contributed by atoms with Crippen LogP contribution in [0.4, 0.5) is 0 Å². The van der Waals surface area contributed by atoms with Gasteiger partial charge in [-0.05, 0) is 64.8 Å². The van der Waals surface area contributed by atoms with Gasteiger partial charge in [0.1, 0.15) is 0 Å². The van der Waals surface area contributed by atoms with Crippen LogP contribution < -0.4 is 5.32 Å². The molecule has 2 saturated heterocycles. The minimum absolute atomic E-state index is 0.978. The normalized spacial score (nSPS) is 22.5. The summed E-state index contributed by atoms with van der Waals surface area (Å²) in [5.41, 5.74) is 0. The van der Waals surface area contributed by atoms with Gasteiger partial charge in [0, 0.05) is 0 Å². The van der Waals surface area contributed by atoms with Gasteiger partial charge in [-0.25, -0.2) is 0 Å². The molecule has 0 bridgehead atoms. The summed E-state index contributed by atoms with van der Waals surface area (Å²) >= 11 is 0. The van der Waals surface area contributed by atoms with Crippen LogP contribution in [0.25, 0.3) is 0 Å². The third-order valence-corrected chi connectivity index (χ3v) is 3.21. The molecule has 16 heavy (non-hydrogen) atoms. The summed E-state index contributed by atoms with van der Waals surface area (Å²) in [5, 5.41) is 3.28. The van der Waals surface area contributed by atoms with E-state index >= 15 is 0 Å². The Kier molecular flexibility index (Phi) is 11.3. The van der Waals surface area contributed by atoms with E-state index in [2.05, 4.69) is 24.2 Å². The van der Waals surface area contributed by atoms with Crippen LogP contribution in [0.15, 0.2) is 0 Å². The molecule has 0 aromatic rings. The van der Waals surface area contributed by atoms with Crippen LogP contribution in [-0.4, -0.2) is 38.1 Å². The van der Waals surface area contributed by atoms with Crippen molar-refractivity contribution in [3.05, 3.63) is 0 Å². The second kappa shape index (κ2) is 11.4. The minimum atomic E-state index is 0.978. The number of piperidine rings is 2. The van der Waals surface area contributed by atoms with E-state index in [1.807, 2.05) is 13.8 Å². The summed E-state index contributed by atoms with van der Waals surface area (Å²) < 4.78 is 0. The van der Waals surface area contributed by atoms with Crippen LogP contribution in [0.2, 0.25) is 0 Å².